The van der Waals surface area contributed by atoms with Crippen molar-refractivity contribution in [2.75, 3.05) is 13.7 Å². The van der Waals surface area contributed by atoms with Crippen LogP contribution in [0.2, 0.25) is 0 Å². The van der Waals surface area contributed by atoms with Gasteiger partial charge in [0.1, 0.15) is 11.6 Å². The summed E-state index contributed by atoms with van der Waals surface area (Å²) in [6.45, 7) is 12.9. The standard InChI is InChI=1S/C19H37ClN2O/c1-18(2,3)12-19(4,5)13-7-9-14(10-8-13)22-15-11-21-17(20)16(15)23-6/h13-17,21-22H,7-12H2,1-6H3. The highest BCUT2D eigenvalue weighted by Crippen LogP contribution is 2.45. The Balaban J connectivity index is 1.82. The van der Waals surface area contributed by atoms with Crippen molar-refractivity contribution in [1.82, 2.24) is 10.6 Å². The number of hydrogen-bond acceptors (Lipinski definition) is 3. The Morgan fingerprint density at radius 1 is 1.09 bits per heavy atom. The normalized spacial score (nSPS) is 36.4. The zero-order valence-electron chi connectivity index (χ0n) is 15.9. The minimum atomic E-state index is -0.0699. The lowest BCUT2D eigenvalue weighted by atomic mass is 9.64. The minimum absolute atomic E-state index is 0.0699. The summed E-state index contributed by atoms with van der Waals surface area (Å²) in [5.41, 5.74) is 0.781. The minimum Gasteiger partial charge on any atom is -0.377 e. The molecule has 3 unspecified atom stereocenters. The number of nitrogens with one attached hydrogen (secondary N) is 2. The zero-order chi connectivity index (χ0) is 17.3. The Kier molecular flexibility index (Phi) is 6.44. The quantitative estimate of drug-likeness (QED) is 0.580. The van der Waals surface area contributed by atoms with E-state index in [4.69, 9.17) is 16.3 Å². The van der Waals surface area contributed by atoms with Crippen LogP contribution in [-0.2, 0) is 4.74 Å². The van der Waals surface area contributed by atoms with Crippen LogP contribution in [0, 0.1) is 16.7 Å². The van der Waals surface area contributed by atoms with Crippen LogP contribution in [0.1, 0.15) is 66.7 Å². The van der Waals surface area contributed by atoms with Gasteiger partial charge in [0, 0.05) is 25.7 Å². The van der Waals surface area contributed by atoms with Gasteiger partial charge in [0.15, 0.2) is 0 Å². The summed E-state index contributed by atoms with van der Waals surface area (Å²) in [6, 6.07) is 0.953. The number of hydrogen-bond donors (Lipinski definition) is 2. The fourth-order valence-electron chi connectivity index (χ4n) is 4.97. The van der Waals surface area contributed by atoms with Gasteiger partial charge in [0.05, 0.1) is 0 Å². The Hall–Kier alpha value is 0.170. The number of alkyl halides is 1. The molecular formula is C19H37ClN2O. The van der Waals surface area contributed by atoms with E-state index in [1.54, 1.807) is 7.11 Å². The Morgan fingerprint density at radius 2 is 1.70 bits per heavy atom. The van der Waals surface area contributed by atoms with Crippen LogP contribution >= 0.6 is 11.6 Å². The molecule has 0 spiro atoms. The summed E-state index contributed by atoms with van der Waals surface area (Å²) in [5, 5.41) is 7.09. The van der Waals surface area contributed by atoms with Crippen molar-refractivity contribution >= 4 is 11.6 Å². The summed E-state index contributed by atoms with van der Waals surface area (Å²) in [5.74, 6) is 0.848. The van der Waals surface area contributed by atoms with E-state index in [9.17, 15) is 0 Å². The highest BCUT2D eigenvalue weighted by molar-refractivity contribution is 6.21. The van der Waals surface area contributed by atoms with Crippen molar-refractivity contribution in [3.8, 4) is 0 Å². The molecule has 1 aliphatic carbocycles. The van der Waals surface area contributed by atoms with E-state index in [2.05, 4.69) is 45.3 Å². The molecule has 3 nitrogen and oxygen atoms in total. The number of methoxy groups -OCH3 is 1. The Labute approximate surface area is 148 Å². The van der Waals surface area contributed by atoms with Crippen LogP contribution in [0.4, 0.5) is 0 Å². The molecule has 2 rings (SSSR count). The van der Waals surface area contributed by atoms with Crippen molar-refractivity contribution in [3.05, 3.63) is 0 Å². The lowest BCUT2D eigenvalue weighted by molar-refractivity contribution is 0.0682. The smallest absolute Gasteiger partial charge is 0.111 e. The first-order valence-electron chi connectivity index (χ1n) is 9.29. The monoisotopic (exact) mass is 344 g/mol. The van der Waals surface area contributed by atoms with E-state index in [-0.39, 0.29) is 11.6 Å². The summed E-state index contributed by atoms with van der Waals surface area (Å²) in [6.07, 6.45) is 6.60. The zero-order valence-corrected chi connectivity index (χ0v) is 16.7. The molecule has 0 radical (unpaired) electrons. The van der Waals surface area contributed by atoms with Crippen molar-refractivity contribution in [2.45, 2.75) is 90.4 Å². The average Bonchev–Trinajstić information content (AvgIpc) is 2.77. The number of rotatable bonds is 5. The molecule has 136 valence electrons. The maximum absolute atomic E-state index is 6.26. The molecule has 0 aromatic heterocycles. The van der Waals surface area contributed by atoms with E-state index < -0.39 is 0 Å². The van der Waals surface area contributed by atoms with Crippen LogP contribution in [0.15, 0.2) is 0 Å². The predicted octanol–water partition coefficient (Wildman–Crippen LogP) is 4.15. The third kappa shape index (κ3) is 5.32. The topological polar surface area (TPSA) is 33.3 Å². The van der Waals surface area contributed by atoms with Gasteiger partial charge in [-0.15, -0.1) is 11.6 Å². The van der Waals surface area contributed by atoms with Gasteiger partial charge in [-0.3, -0.25) is 5.32 Å². The van der Waals surface area contributed by atoms with Gasteiger partial charge in [0.25, 0.3) is 0 Å². The molecule has 0 aromatic rings. The van der Waals surface area contributed by atoms with Crippen LogP contribution in [-0.4, -0.2) is 37.3 Å². The summed E-state index contributed by atoms with van der Waals surface area (Å²) in [4.78, 5) is 0. The summed E-state index contributed by atoms with van der Waals surface area (Å²) < 4.78 is 5.55. The second-order valence-electron chi connectivity index (χ2n) is 9.56. The van der Waals surface area contributed by atoms with Gasteiger partial charge in [-0.2, -0.15) is 0 Å². The van der Waals surface area contributed by atoms with Crippen LogP contribution in [0.3, 0.4) is 0 Å². The fourth-order valence-corrected chi connectivity index (χ4v) is 5.34. The van der Waals surface area contributed by atoms with Crippen LogP contribution in [0.25, 0.3) is 0 Å². The van der Waals surface area contributed by atoms with Gasteiger partial charge in [-0.1, -0.05) is 34.6 Å². The maximum Gasteiger partial charge on any atom is 0.111 e. The highest BCUT2D eigenvalue weighted by Gasteiger charge is 2.39. The Morgan fingerprint density at radius 3 is 2.22 bits per heavy atom. The Bertz CT molecular complexity index is 372. The molecule has 4 heteroatoms. The molecule has 1 heterocycles. The van der Waals surface area contributed by atoms with Gasteiger partial charge >= 0.3 is 0 Å². The van der Waals surface area contributed by atoms with E-state index in [1.807, 2.05) is 0 Å². The highest BCUT2D eigenvalue weighted by atomic mass is 35.5. The fraction of sp³-hybridized carbons (Fsp3) is 1.00. The molecular weight excluding hydrogens is 308 g/mol. The van der Waals surface area contributed by atoms with Crippen LogP contribution < -0.4 is 10.6 Å². The van der Waals surface area contributed by atoms with E-state index in [1.165, 1.54) is 32.1 Å². The first-order chi connectivity index (χ1) is 10.6. The first kappa shape index (κ1) is 19.5. The predicted molar refractivity (Wildman–Crippen MR) is 99.0 cm³/mol. The SMILES string of the molecule is COC1C(Cl)NCC1NC1CCC(C(C)(C)CC(C)(C)C)CC1. The van der Waals surface area contributed by atoms with Crippen molar-refractivity contribution in [3.63, 3.8) is 0 Å². The molecule has 2 N–H and O–H groups in total. The van der Waals surface area contributed by atoms with Gasteiger partial charge in [0.2, 0.25) is 0 Å². The third-order valence-electron chi connectivity index (χ3n) is 5.76. The molecule has 1 saturated heterocycles. The summed E-state index contributed by atoms with van der Waals surface area (Å²) >= 11 is 6.26. The molecule has 2 fully saturated rings. The average molecular weight is 345 g/mol. The number of ether oxygens (including phenoxy) is 1. The van der Waals surface area contributed by atoms with Gasteiger partial charge in [-0.25, -0.2) is 0 Å². The first-order valence-corrected chi connectivity index (χ1v) is 9.72. The molecule has 23 heavy (non-hydrogen) atoms. The van der Waals surface area contributed by atoms with Crippen LogP contribution in [0.5, 0.6) is 0 Å². The van der Waals surface area contributed by atoms with E-state index in [0.717, 1.165) is 12.5 Å². The summed E-state index contributed by atoms with van der Waals surface area (Å²) in [7, 11) is 1.76. The van der Waals surface area contributed by atoms with Crippen molar-refractivity contribution < 1.29 is 4.74 Å². The molecule has 2 aliphatic rings. The lowest BCUT2D eigenvalue weighted by Crippen LogP contribution is -2.48. The molecule has 1 saturated carbocycles. The largest absolute Gasteiger partial charge is 0.377 e. The lowest BCUT2D eigenvalue weighted by Gasteiger charge is -2.43. The number of halogens is 1. The van der Waals surface area contributed by atoms with Gasteiger partial charge < -0.3 is 10.1 Å². The molecule has 0 aromatic carbocycles. The van der Waals surface area contributed by atoms with E-state index >= 15 is 0 Å². The van der Waals surface area contributed by atoms with E-state index in [0.29, 0.717) is 22.9 Å². The molecule has 0 amide bonds. The maximum atomic E-state index is 6.26. The van der Waals surface area contributed by atoms with Gasteiger partial charge in [-0.05, 0) is 48.9 Å². The molecule has 3 atom stereocenters. The van der Waals surface area contributed by atoms with Crippen molar-refractivity contribution in [1.29, 1.82) is 0 Å². The molecule has 1 aliphatic heterocycles. The van der Waals surface area contributed by atoms with Crippen molar-refractivity contribution in [2.24, 2.45) is 16.7 Å². The second-order valence-corrected chi connectivity index (χ2v) is 10.0. The second kappa shape index (κ2) is 7.59. The molecule has 0 bridgehead atoms. The third-order valence-corrected chi connectivity index (χ3v) is 6.16.